The Bertz CT molecular complexity index is 419. The van der Waals surface area contributed by atoms with Crippen molar-refractivity contribution in [2.45, 2.75) is 38.3 Å². The maximum Gasteiger partial charge on any atom is 0.123 e. The van der Waals surface area contributed by atoms with Gasteiger partial charge in [-0.25, -0.2) is 4.39 Å². The average Bonchev–Trinajstić information content (AvgIpc) is 2.38. The fraction of sp³-hybridized carbons (Fsp3) is 0.600. The lowest BCUT2D eigenvalue weighted by Gasteiger charge is -2.42. The van der Waals surface area contributed by atoms with E-state index in [9.17, 15) is 4.39 Å². The van der Waals surface area contributed by atoms with E-state index in [-0.39, 0.29) is 53.7 Å². The molecule has 4 nitrogen and oxygen atoms in total. The molecule has 0 radical (unpaired) electrons. The lowest BCUT2D eigenvalue weighted by Crippen LogP contribution is -2.59. The van der Waals surface area contributed by atoms with Gasteiger partial charge in [0.2, 0.25) is 0 Å². The summed E-state index contributed by atoms with van der Waals surface area (Å²) in [7, 11) is 0. The average molecular weight is 357 g/mol. The second kappa shape index (κ2) is 10.2. The summed E-state index contributed by atoms with van der Waals surface area (Å²) in [5.74, 6) is 0.717. The largest absolute Gasteiger partial charge is 0.490 e. The van der Waals surface area contributed by atoms with E-state index in [1.165, 1.54) is 12.1 Å². The highest BCUT2D eigenvalue weighted by Crippen LogP contribution is 2.29. The number of nitrogens with two attached hydrogens (primary N) is 1. The summed E-state index contributed by atoms with van der Waals surface area (Å²) in [6, 6.07) is 6.18. The van der Waals surface area contributed by atoms with Crippen LogP contribution >= 0.6 is 24.8 Å². The lowest BCUT2D eigenvalue weighted by atomic mass is 9.77. The minimum Gasteiger partial charge on any atom is -0.490 e. The molecule has 3 atom stereocenters. The van der Waals surface area contributed by atoms with Crippen LogP contribution in [0.2, 0.25) is 0 Å². The van der Waals surface area contributed by atoms with Gasteiger partial charge >= 0.3 is 0 Å². The van der Waals surface area contributed by atoms with Gasteiger partial charge < -0.3 is 21.3 Å². The molecule has 1 aliphatic heterocycles. The minimum atomic E-state index is -0.247. The van der Waals surface area contributed by atoms with Gasteiger partial charge in [-0.1, -0.05) is 6.92 Å². The Morgan fingerprint density at radius 1 is 1.36 bits per heavy atom. The van der Waals surface area contributed by atoms with Crippen molar-refractivity contribution in [1.29, 1.82) is 0 Å². The van der Waals surface area contributed by atoms with Crippen molar-refractivity contribution in [3.8, 4) is 5.75 Å². The SMILES string of the molecule is CCC(Oc1ccc(F)cc1)C1CNCCC1(C)N.Cl.Cl.O. The number of benzene rings is 1. The van der Waals surface area contributed by atoms with Gasteiger partial charge in [0.15, 0.2) is 0 Å². The van der Waals surface area contributed by atoms with Gasteiger partial charge in [0.05, 0.1) is 0 Å². The zero-order chi connectivity index (χ0) is 13.9. The predicted molar refractivity (Wildman–Crippen MR) is 92.8 cm³/mol. The van der Waals surface area contributed by atoms with Crippen LogP contribution in [0.4, 0.5) is 4.39 Å². The quantitative estimate of drug-likeness (QED) is 0.868. The standard InChI is InChI=1S/C15H23FN2O.2ClH.H2O/c1-3-14(13-10-18-9-8-15(13,2)17)19-12-6-4-11(16)5-7-12;;;/h4-7,13-14,18H,3,8-10,17H2,1-2H3;2*1H;1H2. The molecule has 1 aliphatic rings. The first-order chi connectivity index (χ1) is 9.03. The summed E-state index contributed by atoms with van der Waals surface area (Å²) in [6.45, 7) is 6.01. The molecular weight excluding hydrogens is 330 g/mol. The molecule has 1 fully saturated rings. The van der Waals surface area contributed by atoms with E-state index in [1.54, 1.807) is 12.1 Å². The van der Waals surface area contributed by atoms with E-state index >= 15 is 0 Å². The number of hydrogen-bond donors (Lipinski definition) is 2. The van der Waals surface area contributed by atoms with Crippen LogP contribution in [0.3, 0.4) is 0 Å². The van der Waals surface area contributed by atoms with Crippen LogP contribution in [0.1, 0.15) is 26.7 Å². The monoisotopic (exact) mass is 356 g/mol. The highest BCUT2D eigenvalue weighted by atomic mass is 35.5. The summed E-state index contributed by atoms with van der Waals surface area (Å²) in [6.07, 6.45) is 1.88. The summed E-state index contributed by atoms with van der Waals surface area (Å²) in [5, 5.41) is 3.38. The van der Waals surface area contributed by atoms with Crippen LogP contribution in [-0.2, 0) is 0 Å². The summed E-state index contributed by atoms with van der Waals surface area (Å²) < 4.78 is 18.9. The van der Waals surface area contributed by atoms with Crippen molar-refractivity contribution in [2.24, 2.45) is 11.7 Å². The Balaban J connectivity index is 0. The lowest BCUT2D eigenvalue weighted by molar-refractivity contribution is 0.0633. The van der Waals surface area contributed by atoms with Gasteiger partial charge in [-0.05, 0) is 50.6 Å². The predicted octanol–water partition coefficient (Wildman–Crippen LogP) is 2.33. The molecule has 3 unspecified atom stereocenters. The van der Waals surface area contributed by atoms with Crippen molar-refractivity contribution in [1.82, 2.24) is 5.32 Å². The third kappa shape index (κ3) is 5.89. The van der Waals surface area contributed by atoms with Crippen LogP contribution < -0.4 is 15.8 Å². The molecule has 22 heavy (non-hydrogen) atoms. The first-order valence-corrected chi connectivity index (χ1v) is 6.95. The number of nitrogens with one attached hydrogen (secondary N) is 1. The van der Waals surface area contributed by atoms with E-state index in [1.807, 2.05) is 0 Å². The Hall–Kier alpha value is -0.590. The molecule has 0 aliphatic carbocycles. The van der Waals surface area contributed by atoms with Crippen molar-refractivity contribution >= 4 is 24.8 Å². The first kappa shape index (κ1) is 23.7. The second-order valence-electron chi connectivity index (χ2n) is 5.58. The number of rotatable bonds is 4. The molecule has 2 rings (SSSR count). The Morgan fingerprint density at radius 2 is 1.95 bits per heavy atom. The van der Waals surface area contributed by atoms with Gasteiger partial charge in [-0.2, -0.15) is 0 Å². The fourth-order valence-electron chi connectivity index (χ4n) is 2.73. The zero-order valence-electron chi connectivity index (χ0n) is 13.0. The third-order valence-electron chi connectivity index (χ3n) is 4.00. The van der Waals surface area contributed by atoms with Crippen molar-refractivity contribution < 1.29 is 14.6 Å². The number of ether oxygens (including phenoxy) is 1. The van der Waals surface area contributed by atoms with Gasteiger partial charge in [0, 0.05) is 18.0 Å². The molecule has 0 amide bonds. The van der Waals surface area contributed by atoms with Crippen LogP contribution in [0.5, 0.6) is 5.75 Å². The number of piperidine rings is 1. The molecule has 0 saturated carbocycles. The molecule has 130 valence electrons. The molecule has 5 N–H and O–H groups in total. The second-order valence-corrected chi connectivity index (χ2v) is 5.58. The molecule has 1 heterocycles. The molecule has 1 saturated heterocycles. The Labute approximate surface area is 144 Å². The van der Waals surface area contributed by atoms with E-state index in [0.717, 1.165) is 25.9 Å². The summed E-state index contributed by atoms with van der Waals surface area (Å²) in [5.41, 5.74) is 6.18. The van der Waals surface area contributed by atoms with Crippen molar-refractivity contribution in [2.75, 3.05) is 13.1 Å². The van der Waals surface area contributed by atoms with Gasteiger partial charge in [-0.15, -0.1) is 24.8 Å². The molecule has 1 aromatic carbocycles. The topological polar surface area (TPSA) is 78.8 Å². The van der Waals surface area contributed by atoms with E-state index in [0.29, 0.717) is 5.75 Å². The van der Waals surface area contributed by atoms with E-state index in [4.69, 9.17) is 10.5 Å². The fourth-order valence-corrected chi connectivity index (χ4v) is 2.73. The highest BCUT2D eigenvalue weighted by Gasteiger charge is 2.38. The smallest absolute Gasteiger partial charge is 0.123 e. The van der Waals surface area contributed by atoms with Crippen LogP contribution in [0.25, 0.3) is 0 Å². The highest BCUT2D eigenvalue weighted by molar-refractivity contribution is 5.85. The molecule has 1 aromatic rings. The minimum absolute atomic E-state index is 0. The maximum atomic E-state index is 12.9. The number of hydrogen-bond acceptors (Lipinski definition) is 3. The zero-order valence-corrected chi connectivity index (χ0v) is 14.6. The molecule has 0 bridgehead atoms. The maximum absolute atomic E-state index is 12.9. The van der Waals surface area contributed by atoms with Crippen LogP contribution in [0, 0.1) is 11.7 Å². The molecular formula is C15H27Cl2FN2O2. The Morgan fingerprint density at radius 3 is 2.45 bits per heavy atom. The Kier molecular flexibility index (Phi) is 11.0. The van der Waals surface area contributed by atoms with Crippen LogP contribution in [-0.4, -0.2) is 30.2 Å². The van der Waals surface area contributed by atoms with E-state index < -0.39 is 0 Å². The van der Waals surface area contributed by atoms with E-state index in [2.05, 4.69) is 19.2 Å². The molecule has 0 spiro atoms. The summed E-state index contributed by atoms with van der Waals surface area (Å²) >= 11 is 0. The van der Waals surface area contributed by atoms with Crippen molar-refractivity contribution in [3.63, 3.8) is 0 Å². The molecule has 0 aromatic heterocycles. The van der Waals surface area contributed by atoms with Crippen molar-refractivity contribution in [3.05, 3.63) is 30.1 Å². The summed E-state index contributed by atoms with van der Waals surface area (Å²) in [4.78, 5) is 0. The normalized spacial score (nSPS) is 25.0. The van der Waals surface area contributed by atoms with Gasteiger partial charge in [0.25, 0.3) is 0 Å². The third-order valence-corrected chi connectivity index (χ3v) is 4.00. The molecule has 7 heteroatoms. The number of halogens is 3. The van der Waals surface area contributed by atoms with Crippen LogP contribution in [0.15, 0.2) is 24.3 Å². The van der Waals surface area contributed by atoms with Gasteiger partial charge in [-0.3, -0.25) is 0 Å². The van der Waals surface area contributed by atoms with Gasteiger partial charge in [0.1, 0.15) is 17.7 Å². The first-order valence-electron chi connectivity index (χ1n) is 6.95.